The van der Waals surface area contributed by atoms with E-state index in [1.165, 1.54) is 0 Å². The number of ketones is 1. The molecule has 0 amide bonds. The maximum atomic E-state index is 12.1. The summed E-state index contributed by atoms with van der Waals surface area (Å²) in [5.41, 5.74) is 1.37. The molecule has 2 aromatic carbocycles. The minimum atomic E-state index is -0.612. The first-order valence-electron chi connectivity index (χ1n) is 6.81. The van der Waals surface area contributed by atoms with Gasteiger partial charge in [0.1, 0.15) is 5.75 Å². The van der Waals surface area contributed by atoms with Crippen LogP contribution in [0.5, 0.6) is 5.75 Å². The highest BCUT2D eigenvalue weighted by Gasteiger charge is 2.16. The molecule has 2 aromatic rings. The summed E-state index contributed by atoms with van der Waals surface area (Å²) in [4.78, 5) is 24.1. The van der Waals surface area contributed by atoms with Crippen LogP contribution in [0.1, 0.15) is 22.3 Å². The van der Waals surface area contributed by atoms with Gasteiger partial charge in [-0.1, -0.05) is 67.8 Å². The Labute approximate surface area is 129 Å². The van der Waals surface area contributed by atoms with Gasteiger partial charge in [0.25, 0.3) is 0 Å². The minimum Gasteiger partial charge on any atom is -0.423 e. The molecule has 0 saturated heterocycles. The average molecular weight is 292 g/mol. The number of Topliss-reactive ketones (excluding diaryl/α,β-unsaturated/α-hetero) is 1. The third-order valence-electron chi connectivity index (χ3n) is 3.10. The Hall–Kier alpha value is -2.94. The van der Waals surface area contributed by atoms with Crippen LogP contribution in [0.2, 0.25) is 0 Å². The second kappa shape index (κ2) is 7.18. The van der Waals surface area contributed by atoms with Gasteiger partial charge in [-0.3, -0.25) is 4.79 Å². The van der Waals surface area contributed by atoms with Gasteiger partial charge in [-0.05, 0) is 6.07 Å². The molecule has 0 fully saturated rings. The molecule has 0 unspecified atom stereocenters. The van der Waals surface area contributed by atoms with E-state index in [1.54, 1.807) is 48.5 Å². The summed E-state index contributed by atoms with van der Waals surface area (Å²) >= 11 is 0. The Morgan fingerprint density at radius 3 is 2.32 bits per heavy atom. The van der Waals surface area contributed by atoms with Crippen molar-refractivity contribution < 1.29 is 14.3 Å². The summed E-state index contributed by atoms with van der Waals surface area (Å²) in [6.45, 7) is 7.31. The summed E-state index contributed by atoms with van der Waals surface area (Å²) in [5, 5.41) is 0. The average Bonchev–Trinajstić information content (AvgIpc) is 2.56. The number of esters is 1. The van der Waals surface area contributed by atoms with Crippen LogP contribution < -0.4 is 4.74 Å². The molecule has 0 heterocycles. The lowest BCUT2D eigenvalue weighted by Crippen LogP contribution is -2.14. The summed E-state index contributed by atoms with van der Waals surface area (Å²) in [6, 6.07) is 15.8. The van der Waals surface area contributed by atoms with Gasteiger partial charge in [0.05, 0.1) is 0 Å². The van der Waals surface area contributed by atoms with E-state index in [9.17, 15) is 9.59 Å². The third-order valence-corrected chi connectivity index (χ3v) is 3.10. The van der Waals surface area contributed by atoms with E-state index in [0.717, 1.165) is 0 Å². The molecule has 110 valence electrons. The highest BCUT2D eigenvalue weighted by Crippen LogP contribution is 2.20. The van der Waals surface area contributed by atoms with Gasteiger partial charge in [0.15, 0.2) is 5.78 Å². The molecule has 0 N–H and O–H groups in total. The number of benzene rings is 2. The van der Waals surface area contributed by atoms with Gasteiger partial charge >= 0.3 is 5.97 Å². The standard InChI is InChI=1S/C19H16O3/c1-3-15-9-7-8-12-18(15)22-19(21)14(2)13-17(20)16-10-5-4-6-11-16/h3-12H,1-2,13H2. The number of carbonyl (C=O) groups is 2. The first-order valence-corrected chi connectivity index (χ1v) is 6.81. The largest absolute Gasteiger partial charge is 0.423 e. The SMILES string of the molecule is C=Cc1ccccc1OC(=O)C(=C)CC(=O)c1ccccc1. The van der Waals surface area contributed by atoms with Crippen LogP contribution in [0.3, 0.4) is 0 Å². The van der Waals surface area contributed by atoms with Gasteiger partial charge in [0, 0.05) is 23.1 Å². The second-order valence-corrected chi connectivity index (χ2v) is 4.70. The van der Waals surface area contributed by atoms with Crippen molar-refractivity contribution in [3.63, 3.8) is 0 Å². The molecule has 0 aliphatic heterocycles. The molecule has 0 saturated carbocycles. The summed E-state index contributed by atoms with van der Waals surface area (Å²) in [7, 11) is 0. The second-order valence-electron chi connectivity index (χ2n) is 4.70. The van der Waals surface area contributed by atoms with Crippen molar-refractivity contribution in [1.82, 2.24) is 0 Å². The topological polar surface area (TPSA) is 43.4 Å². The van der Waals surface area contributed by atoms with Crippen molar-refractivity contribution in [3.05, 3.63) is 84.5 Å². The molecule has 22 heavy (non-hydrogen) atoms. The molecule has 0 radical (unpaired) electrons. The molecule has 0 atom stereocenters. The Bertz CT molecular complexity index is 714. The van der Waals surface area contributed by atoms with Crippen molar-refractivity contribution in [2.75, 3.05) is 0 Å². The highest BCUT2D eigenvalue weighted by molar-refractivity contribution is 6.03. The van der Waals surface area contributed by atoms with Gasteiger partial charge < -0.3 is 4.74 Å². The quantitative estimate of drug-likeness (QED) is 0.349. The number of rotatable bonds is 6. The van der Waals surface area contributed by atoms with Crippen molar-refractivity contribution >= 4 is 17.8 Å². The van der Waals surface area contributed by atoms with E-state index in [4.69, 9.17) is 4.74 Å². The van der Waals surface area contributed by atoms with Gasteiger partial charge in [-0.15, -0.1) is 0 Å². The number of carbonyl (C=O) groups excluding carboxylic acids is 2. The maximum Gasteiger partial charge on any atom is 0.339 e. The lowest BCUT2D eigenvalue weighted by molar-refractivity contribution is -0.130. The van der Waals surface area contributed by atoms with Crippen molar-refractivity contribution in [2.45, 2.75) is 6.42 Å². The molecule has 3 nitrogen and oxygen atoms in total. The first kappa shape index (κ1) is 15.4. The van der Waals surface area contributed by atoms with E-state index >= 15 is 0 Å². The molecule has 0 bridgehead atoms. The number of ether oxygens (including phenoxy) is 1. The summed E-state index contributed by atoms with van der Waals surface area (Å²) in [6.07, 6.45) is 1.53. The predicted octanol–water partition coefficient (Wildman–Crippen LogP) is 4.06. The number of hydrogen-bond acceptors (Lipinski definition) is 3. The third kappa shape index (κ3) is 3.79. The van der Waals surface area contributed by atoms with Crippen LogP contribution in [0.15, 0.2) is 73.3 Å². The zero-order chi connectivity index (χ0) is 15.9. The zero-order valence-electron chi connectivity index (χ0n) is 12.1. The Morgan fingerprint density at radius 2 is 1.64 bits per heavy atom. The minimum absolute atomic E-state index is 0.0703. The molecule has 0 spiro atoms. The fourth-order valence-corrected chi connectivity index (χ4v) is 1.91. The number of para-hydroxylation sites is 1. The zero-order valence-corrected chi connectivity index (χ0v) is 12.1. The van der Waals surface area contributed by atoms with Crippen LogP contribution in [0.25, 0.3) is 6.08 Å². The van der Waals surface area contributed by atoms with Crippen molar-refractivity contribution in [3.8, 4) is 5.75 Å². The van der Waals surface area contributed by atoms with Gasteiger partial charge in [-0.2, -0.15) is 0 Å². The van der Waals surface area contributed by atoms with E-state index < -0.39 is 5.97 Å². The van der Waals surface area contributed by atoms with Crippen LogP contribution >= 0.6 is 0 Å². The Morgan fingerprint density at radius 1 is 1.00 bits per heavy atom. The smallest absolute Gasteiger partial charge is 0.339 e. The van der Waals surface area contributed by atoms with E-state index in [0.29, 0.717) is 16.9 Å². The molecule has 2 rings (SSSR count). The van der Waals surface area contributed by atoms with Crippen LogP contribution in [0, 0.1) is 0 Å². The normalized spacial score (nSPS) is 9.82. The van der Waals surface area contributed by atoms with Gasteiger partial charge in [0.2, 0.25) is 0 Å². The fraction of sp³-hybridized carbons (Fsp3) is 0.0526. The summed E-state index contributed by atoms with van der Waals surface area (Å²) < 4.78 is 5.27. The first-order chi connectivity index (χ1) is 10.6. The Balaban J connectivity index is 2.02. The molecular formula is C19H16O3. The molecule has 0 aromatic heterocycles. The Kier molecular flexibility index (Phi) is 5.04. The van der Waals surface area contributed by atoms with Gasteiger partial charge in [-0.25, -0.2) is 4.79 Å². The monoisotopic (exact) mass is 292 g/mol. The molecule has 0 aliphatic rings. The fourth-order valence-electron chi connectivity index (χ4n) is 1.91. The van der Waals surface area contributed by atoms with E-state index in [2.05, 4.69) is 13.2 Å². The van der Waals surface area contributed by atoms with Crippen molar-refractivity contribution in [2.24, 2.45) is 0 Å². The van der Waals surface area contributed by atoms with Crippen LogP contribution in [0.4, 0.5) is 0 Å². The van der Waals surface area contributed by atoms with E-state index in [-0.39, 0.29) is 17.8 Å². The maximum absolute atomic E-state index is 12.1. The van der Waals surface area contributed by atoms with Crippen molar-refractivity contribution in [1.29, 1.82) is 0 Å². The highest BCUT2D eigenvalue weighted by atomic mass is 16.5. The van der Waals surface area contributed by atoms with Crippen LogP contribution in [-0.2, 0) is 4.79 Å². The van der Waals surface area contributed by atoms with Crippen LogP contribution in [-0.4, -0.2) is 11.8 Å². The molecular weight excluding hydrogens is 276 g/mol. The summed E-state index contributed by atoms with van der Waals surface area (Å²) in [5.74, 6) is -0.381. The lowest BCUT2D eigenvalue weighted by Gasteiger charge is -2.08. The molecule has 3 heteroatoms. The lowest BCUT2D eigenvalue weighted by atomic mass is 10.0. The van der Waals surface area contributed by atoms with E-state index in [1.807, 2.05) is 12.1 Å². The predicted molar refractivity (Wildman–Crippen MR) is 86.7 cm³/mol. The number of hydrogen-bond donors (Lipinski definition) is 0. The molecule has 0 aliphatic carbocycles.